The molecule has 0 atom stereocenters. The molecule has 1 fully saturated rings. The number of benzene rings is 1. The van der Waals surface area contributed by atoms with Gasteiger partial charge in [-0.25, -0.2) is 4.98 Å². The fourth-order valence-electron chi connectivity index (χ4n) is 2.87. The van der Waals surface area contributed by atoms with Crippen LogP contribution in [0.2, 0.25) is 0 Å². The van der Waals surface area contributed by atoms with Gasteiger partial charge in [-0.2, -0.15) is 0 Å². The molecule has 3 rings (SSSR count). The minimum Gasteiger partial charge on any atom is -0.497 e. The Labute approximate surface area is 143 Å². The highest BCUT2D eigenvalue weighted by Gasteiger charge is 2.40. The Kier molecular flexibility index (Phi) is 4.92. The number of hydrogen-bond donors (Lipinski definition) is 0. The third-order valence-electron chi connectivity index (χ3n) is 4.36. The van der Waals surface area contributed by atoms with Gasteiger partial charge in [0, 0.05) is 24.2 Å². The van der Waals surface area contributed by atoms with Crippen LogP contribution < -0.4 is 4.74 Å². The normalized spacial score (nSPS) is 19.1. The average molecular weight is 330 g/mol. The lowest BCUT2D eigenvalue weighted by molar-refractivity contribution is -0.307. The zero-order valence-corrected chi connectivity index (χ0v) is 14.7. The molecule has 1 aromatic heterocycles. The minimum atomic E-state index is -0.612. The van der Waals surface area contributed by atoms with Crippen molar-refractivity contribution in [3.05, 3.63) is 48.5 Å². The predicted molar refractivity (Wildman–Crippen MR) is 92.0 cm³/mol. The topological polar surface area (TPSA) is 45.5 Å². The first-order chi connectivity index (χ1) is 11.5. The van der Waals surface area contributed by atoms with Crippen molar-refractivity contribution >= 4 is 0 Å². The molecule has 0 radical (unpaired) electrons. The second-order valence-electron chi connectivity index (χ2n) is 7.24. The van der Waals surface area contributed by atoms with Gasteiger partial charge in [0.1, 0.15) is 5.75 Å². The molecule has 0 N–H and O–H groups in total. The lowest BCUT2D eigenvalue weighted by Crippen LogP contribution is -2.50. The number of aryl methyl sites for hydroxylation is 1. The molecule has 0 amide bonds. The monoisotopic (exact) mass is 330 g/mol. The molecule has 2 heterocycles. The summed E-state index contributed by atoms with van der Waals surface area (Å²) in [4.78, 5) is 4.12. The van der Waals surface area contributed by atoms with Crippen molar-refractivity contribution in [2.45, 2.75) is 39.0 Å². The molecule has 5 nitrogen and oxygen atoms in total. The van der Waals surface area contributed by atoms with E-state index in [2.05, 4.69) is 31.0 Å². The largest absolute Gasteiger partial charge is 0.497 e. The predicted octanol–water partition coefficient (Wildman–Crippen LogP) is 3.29. The Hall–Kier alpha value is -1.85. The lowest BCUT2D eigenvalue weighted by atomic mass is 9.93. The zero-order valence-electron chi connectivity index (χ0n) is 14.7. The highest BCUT2D eigenvalue weighted by Crippen LogP contribution is 2.34. The van der Waals surface area contributed by atoms with E-state index in [0.29, 0.717) is 19.8 Å². The first kappa shape index (κ1) is 17.0. The molecule has 1 saturated heterocycles. The van der Waals surface area contributed by atoms with E-state index in [1.807, 2.05) is 22.9 Å². The summed E-state index contributed by atoms with van der Waals surface area (Å²) in [6.07, 6.45) is 7.18. The highest BCUT2D eigenvalue weighted by molar-refractivity contribution is 5.28. The summed E-state index contributed by atoms with van der Waals surface area (Å²) in [5, 5.41) is 0. The van der Waals surface area contributed by atoms with E-state index in [9.17, 15) is 0 Å². The molecule has 0 saturated carbocycles. The smallest absolute Gasteiger partial charge is 0.186 e. The summed E-state index contributed by atoms with van der Waals surface area (Å²) in [7, 11) is 1.69. The third kappa shape index (κ3) is 4.16. The molecule has 0 aliphatic carbocycles. The summed E-state index contributed by atoms with van der Waals surface area (Å²) >= 11 is 0. The van der Waals surface area contributed by atoms with Gasteiger partial charge in [-0.15, -0.1) is 0 Å². The van der Waals surface area contributed by atoms with Crippen LogP contribution in [0, 0.1) is 5.41 Å². The standard InChI is InChI=1S/C19H26N2O3/c1-18(2)13-23-19(24-14-18,12-21-10-9-20-15-21)8-7-16-5-4-6-17(11-16)22-3/h4-6,9-11,15H,7-8,12-14H2,1-3H3. The number of hydrogen-bond acceptors (Lipinski definition) is 4. The van der Waals surface area contributed by atoms with E-state index in [1.54, 1.807) is 19.6 Å². The van der Waals surface area contributed by atoms with Crippen LogP contribution in [0.5, 0.6) is 5.75 Å². The van der Waals surface area contributed by atoms with Crippen LogP contribution in [0.25, 0.3) is 0 Å². The number of nitrogens with zero attached hydrogens (tertiary/aromatic N) is 2. The van der Waals surface area contributed by atoms with Crippen molar-refractivity contribution in [1.82, 2.24) is 9.55 Å². The average Bonchev–Trinajstić information content (AvgIpc) is 3.09. The first-order valence-electron chi connectivity index (χ1n) is 8.37. The van der Waals surface area contributed by atoms with Crippen LogP contribution in [0.1, 0.15) is 25.8 Å². The van der Waals surface area contributed by atoms with Crippen molar-refractivity contribution in [1.29, 1.82) is 0 Å². The number of methoxy groups -OCH3 is 1. The minimum absolute atomic E-state index is 0.0500. The van der Waals surface area contributed by atoms with Crippen molar-refractivity contribution in [3.63, 3.8) is 0 Å². The molecular formula is C19H26N2O3. The van der Waals surface area contributed by atoms with Gasteiger partial charge in [-0.1, -0.05) is 26.0 Å². The van der Waals surface area contributed by atoms with Crippen molar-refractivity contribution in [3.8, 4) is 5.75 Å². The van der Waals surface area contributed by atoms with Crippen LogP contribution in [-0.2, 0) is 22.4 Å². The maximum Gasteiger partial charge on any atom is 0.186 e. The second-order valence-corrected chi connectivity index (χ2v) is 7.24. The molecule has 0 unspecified atom stereocenters. The molecular weight excluding hydrogens is 304 g/mol. The Balaban J connectivity index is 1.72. The summed E-state index contributed by atoms with van der Waals surface area (Å²) in [6.45, 7) is 6.36. The highest BCUT2D eigenvalue weighted by atomic mass is 16.7. The van der Waals surface area contributed by atoms with E-state index in [4.69, 9.17) is 14.2 Å². The van der Waals surface area contributed by atoms with Gasteiger partial charge in [-0.3, -0.25) is 0 Å². The maximum atomic E-state index is 6.23. The number of ether oxygens (including phenoxy) is 3. The Morgan fingerprint density at radius 3 is 2.71 bits per heavy atom. The maximum absolute atomic E-state index is 6.23. The Bertz CT molecular complexity index is 642. The van der Waals surface area contributed by atoms with Gasteiger partial charge < -0.3 is 18.8 Å². The summed E-state index contributed by atoms with van der Waals surface area (Å²) < 4.78 is 19.8. The number of aromatic nitrogens is 2. The van der Waals surface area contributed by atoms with E-state index in [0.717, 1.165) is 18.6 Å². The van der Waals surface area contributed by atoms with Gasteiger partial charge >= 0.3 is 0 Å². The van der Waals surface area contributed by atoms with E-state index < -0.39 is 5.79 Å². The van der Waals surface area contributed by atoms with Crippen LogP contribution in [0.3, 0.4) is 0 Å². The van der Waals surface area contributed by atoms with Crippen LogP contribution in [0.4, 0.5) is 0 Å². The van der Waals surface area contributed by atoms with Crippen LogP contribution in [-0.4, -0.2) is 35.7 Å². The molecule has 0 spiro atoms. The van der Waals surface area contributed by atoms with Gasteiger partial charge in [0.2, 0.25) is 0 Å². The second kappa shape index (κ2) is 6.95. The lowest BCUT2D eigenvalue weighted by Gasteiger charge is -2.43. The van der Waals surface area contributed by atoms with Crippen LogP contribution in [0.15, 0.2) is 43.0 Å². The van der Waals surface area contributed by atoms with Crippen molar-refractivity contribution in [2.75, 3.05) is 20.3 Å². The molecule has 1 aliphatic heterocycles. The fourth-order valence-corrected chi connectivity index (χ4v) is 2.87. The molecule has 0 bridgehead atoms. The first-order valence-corrected chi connectivity index (χ1v) is 8.37. The summed E-state index contributed by atoms with van der Waals surface area (Å²) in [6, 6.07) is 8.15. The van der Waals surface area contributed by atoms with Crippen molar-refractivity contribution in [2.24, 2.45) is 5.41 Å². The van der Waals surface area contributed by atoms with E-state index in [-0.39, 0.29) is 5.41 Å². The molecule has 2 aromatic rings. The fraction of sp³-hybridized carbons (Fsp3) is 0.526. The summed E-state index contributed by atoms with van der Waals surface area (Å²) in [5.41, 5.74) is 1.27. The van der Waals surface area contributed by atoms with Gasteiger partial charge in [-0.05, 0) is 24.1 Å². The van der Waals surface area contributed by atoms with Gasteiger partial charge in [0.05, 0.1) is 33.2 Å². The van der Waals surface area contributed by atoms with E-state index in [1.165, 1.54) is 5.56 Å². The van der Waals surface area contributed by atoms with E-state index >= 15 is 0 Å². The molecule has 24 heavy (non-hydrogen) atoms. The molecule has 1 aliphatic rings. The Morgan fingerprint density at radius 2 is 2.04 bits per heavy atom. The summed E-state index contributed by atoms with van der Waals surface area (Å²) in [5.74, 6) is 0.266. The molecule has 5 heteroatoms. The number of rotatable bonds is 6. The van der Waals surface area contributed by atoms with Gasteiger partial charge in [0.15, 0.2) is 5.79 Å². The third-order valence-corrected chi connectivity index (χ3v) is 4.36. The molecule has 1 aromatic carbocycles. The Morgan fingerprint density at radius 1 is 1.25 bits per heavy atom. The van der Waals surface area contributed by atoms with Crippen molar-refractivity contribution < 1.29 is 14.2 Å². The molecule has 130 valence electrons. The quantitative estimate of drug-likeness (QED) is 0.815. The SMILES string of the molecule is COc1cccc(CCC2(Cn3ccnc3)OCC(C)(C)CO2)c1. The van der Waals surface area contributed by atoms with Gasteiger partial charge in [0.25, 0.3) is 0 Å². The number of imidazole rings is 1. The zero-order chi connectivity index (χ0) is 17.0. The van der Waals surface area contributed by atoms with Crippen LogP contribution >= 0.6 is 0 Å².